The lowest BCUT2D eigenvalue weighted by molar-refractivity contribution is -0.119. The van der Waals surface area contributed by atoms with Gasteiger partial charge in [0.05, 0.1) is 4.90 Å². The van der Waals surface area contributed by atoms with Crippen LogP contribution < -0.4 is 15.2 Å². The Labute approximate surface area is 106 Å². The molecule has 0 spiro atoms. The second-order valence-electron chi connectivity index (χ2n) is 4.00. The van der Waals surface area contributed by atoms with E-state index in [1.807, 2.05) is 0 Å². The van der Waals surface area contributed by atoms with Crippen molar-refractivity contribution in [2.45, 2.75) is 24.8 Å². The summed E-state index contributed by atoms with van der Waals surface area (Å²) < 4.78 is 31.1. The quantitative estimate of drug-likeness (QED) is 0.774. The molecule has 1 amide bonds. The Morgan fingerprint density at radius 3 is 2.33 bits per heavy atom. The maximum atomic E-state index is 11.8. The first kappa shape index (κ1) is 14.5. The number of nitrogens with two attached hydrogens (primary N) is 1. The molecule has 18 heavy (non-hydrogen) atoms. The predicted octanol–water partition coefficient (Wildman–Crippen LogP) is 0.237. The fraction of sp³-hybridized carbons (Fsp3) is 0.364. The first-order chi connectivity index (χ1) is 8.31. The molecule has 7 heteroatoms. The average Bonchev–Trinajstić information content (AvgIpc) is 2.25. The molecule has 1 aromatic carbocycles. The predicted molar refractivity (Wildman–Crippen MR) is 66.6 cm³/mol. The molecule has 0 aliphatic heterocycles. The molecule has 0 aliphatic rings. The van der Waals surface area contributed by atoms with Crippen molar-refractivity contribution in [1.82, 2.24) is 4.72 Å². The number of hydrogen-bond acceptors (Lipinski definition) is 4. The van der Waals surface area contributed by atoms with E-state index in [0.29, 0.717) is 5.75 Å². The molecule has 0 saturated carbocycles. The summed E-state index contributed by atoms with van der Waals surface area (Å²) in [6.45, 7) is 3.24. The number of benzene rings is 1. The van der Waals surface area contributed by atoms with E-state index < -0.39 is 15.9 Å². The Bertz CT molecular complexity index is 508. The number of nitrogens with one attached hydrogen (secondary N) is 1. The molecule has 0 aliphatic carbocycles. The van der Waals surface area contributed by atoms with Gasteiger partial charge in [0.1, 0.15) is 5.75 Å². The number of amides is 1. The standard InChI is InChI=1S/C11H16N2O4S/c1-8(2)13-18(15,16)10-5-3-9(4-6-10)17-7-11(12)14/h3-6,8,13H,7H2,1-2H3,(H2,12,14). The minimum atomic E-state index is -3.50. The van der Waals surface area contributed by atoms with E-state index >= 15 is 0 Å². The van der Waals surface area contributed by atoms with Gasteiger partial charge in [-0.3, -0.25) is 4.79 Å². The fourth-order valence-electron chi connectivity index (χ4n) is 1.25. The molecule has 100 valence electrons. The van der Waals surface area contributed by atoms with Crippen molar-refractivity contribution < 1.29 is 17.9 Å². The number of carbonyl (C=O) groups excluding carboxylic acids is 1. The normalized spacial score (nSPS) is 11.5. The van der Waals surface area contributed by atoms with Crippen LogP contribution in [0.2, 0.25) is 0 Å². The van der Waals surface area contributed by atoms with Gasteiger partial charge in [0, 0.05) is 6.04 Å². The van der Waals surface area contributed by atoms with Crippen molar-refractivity contribution in [2.24, 2.45) is 5.73 Å². The van der Waals surface area contributed by atoms with Crippen LogP contribution in [0.3, 0.4) is 0 Å². The maximum Gasteiger partial charge on any atom is 0.255 e. The molecule has 0 fully saturated rings. The lowest BCUT2D eigenvalue weighted by atomic mass is 10.3. The van der Waals surface area contributed by atoms with Gasteiger partial charge in [-0.05, 0) is 38.1 Å². The highest BCUT2D eigenvalue weighted by atomic mass is 32.2. The molecular weight excluding hydrogens is 256 g/mol. The Morgan fingerprint density at radius 1 is 1.33 bits per heavy atom. The lowest BCUT2D eigenvalue weighted by Gasteiger charge is -2.10. The smallest absolute Gasteiger partial charge is 0.255 e. The van der Waals surface area contributed by atoms with Gasteiger partial charge in [-0.25, -0.2) is 13.1 Å². The summed E-state index contributed by atoms with van der Waals surface area (Å²) in [6, 6.07) is 5.57. The third-order valence-electron chi connectivity index (χ3n) is 1.91. The molecule has 1 rings (SSSR count). The van der Waals surface area contributed by atoms with Crippen molar-refractivity contribution in [3.8, 4) is 5.75 Å². The van der Waals surface area contributed by atoms with Gasteiger partial charge in [-0.1, -0.05) is 0 Å². The molecule has 1 aromatic rings. The number of rotatable bonds is 6. The van der Waals surface area contributed by atoms with Crippen LogP contribution in [0.15, 0.2) is 29.2 Å². The summed E-state index contributed by atoms with van der Waals surface area (Å²) in [7, 11) is -3.50. The highest BCUT2D eigenvalue weighted by Crippen LogP contribution is 2.16. The number of hydrogen-bond donors (Lipinski definition) is 2. The third-order valence-corrected chi connectivity index (χ3v) is 3.58. The van der Waals surface area contributed by atoms with Crippen LogP contribution in [-0.4, -0.2) is 27.0 Å². The van der Waals surface area contributed by atoms with Gasteiger partial charge >= 0.3 is 0 Å². The minimum Gasteiger partial charge on any atom is -0.484 e. The van der Waals surface area contributed by atoms with Crippen molar-refractivity contribution in [1.29, 1.82) is 0 Å². The summed E-state index contributed by atoms with van der Waals surface area (Å²) in [4.78, 5) is 10.7. The van der Waals surface area contributed by atoms with Gasteiger partial charge in [-0.15, -0.1) is 0 Å². The van der Waals surface area contributed by atoms with Crippen molar-refractivity contribution in [2.75, 3.05) is 6.61 Å². The zero-order valence-corrected chi connectivity index (χ0v) is 11.0. The van der Waals surface area contributed by atoms with E-state index in [2.05, 4.69) is 4.72 Å². The van der Waals surface area contributed by atoms with Crippen LogP contribution in [-0.2, 0) is 14.8 Å². The highest BCUT2D eigenvalue weighted by molar-refractivity contribution is 7.89. The molecule has 0 saturated heterocycles. The van der Waals surface area contributed by atoms with Crippen LogP contribution in [0.4, 0.5) is 0 Å². The Balaban J connectivity index is 2.79. The van der Waals surface area contributed by atoms with E-state index in [4.69, 9.17) is 10.5 Å². The van der Waals surface area contributed by atoms with Crippen LogP contribution in [0.1, 0.15) is 13.8 Å². The minimum absolute atomic E-state index is 0.141. The average molecular weight is 272 g/mol. The Kier molecular flexibility index (Phi) is 4.69. The number of carbonyl (C=O) groups is 1. The van der Waals surface area contributed by atoms with Crippen molar-refractivity contribution >= 4 is 15.9 Å². The molecule has 0 radical (unpaired) electrons. The molecule has 6 nitrogen and oxygen atoms in total. The van der Waals surface area contributed by atoms with E-state index in [0.717, 1.165) is 0 Å². The third kappa shape index (κ3) is 4.34. The molecular formula is C11H16N2O4S. The van der Waals surface area contributed by atoms with E-state index in [9.17, 15) is 13.2 Å². The molecule has 3 N–H and O–H groups in total. The van der Waals surface area contributed by atoms with E-state index in [-0.39, 0.29) is 17.5 Å². The summed E-state index contributed by atoms with van der Waals surface area (Å²) in [5.74, 6) is -0.203. The fourth-order valence-corrected chi connectivity index (χ4v) is 2.50. The summed E-state index contributed by atoms with van der Waals surface area (Å²) in [5, 5.41) is 0. The molecule has 0 unspecified atom stereocenters. The van der Waals surface area contributed by atoms with Crippen LogP contribution in [0.25, 0.3) is 0 Å². The van der Waals surface area contributed by atoms with Crippen LogP contribution >= 0.6 is 0 Å². The van der Waals surface area contributed by atoms with Crippen molar-refractivity contribution in [3.63, 3.8) is 0 Å². The largest absolute Gasteiger partial charge is 0.484 e. The first-order valence-corrected chi connectivity index (χ1v) is 6.83. The maximum absolute atomic E-state index is 11.8. The molecule has 0 aromatic heterocycles. The van der Waals surface area contributed by atoms with Gasteiger partial charge in [0.2, 0.25) is 10.0 Å². The summed E-state index contributed by atoms with van der Waals surface area (Å²) >= 11 is 0. The van der Waals surface area contributed by atoms with Gasteiger partial charge in [-0.2, -0.15) is 0 Å². The second kappa shape index (κ2) is 5.83. The number of primary amides is 1. The summed E-state index contributed by atoms with van der Waals surface area (Å²) in [6.07, 6.45) is 0. The summed E-state index contributed by atoms with van der Waals surface area (Å²) in [5.41, 5.74) is 4.92. The molecule has 0 bridgehead atoms. The van der Waals surface area contributed by atoms with Gasteiger partial charge in [0.25, 0.3) is 5.91 Å². The molecule has 0 atom stereocenters. The SMILES string of the molecule is CC(C)NS(=O)(=O)c1ccc(OCC(N)=O)cc1. The number of ether oxygens (including phenoxy) is 1. The van der Waals surface area contributed by atoms with Crippen LogP contribution in [0, 0.1) is 0 Å². The first-order valence-electron chi connectivity index (χ1n) is 5.35. The molecule has 0 heterocycles. The lowest BCUT2D eigenvalue weighted by Crippen LogP contribution is -2.30. The van der Waals surface area contributed by atoms with E-state index in [1.54, 1.807) is 13.8 Å². The topological polar surface area (TPSA) is 98.5 Å². The monoisotopic (exact) mass is 272 g/mol. The zero-order valence-electron chi connectivity index (χ0n) is 10.2. The van der Waals surface area contributed by atoms with Crippen LogP contribution in [0.5, 0.6) is 5.75 Å². The van der Waals surface area contributed by atoms with E-state index in [1.165, 1.54) is 24.3 Å². The van der Waals surface area contributed by atoms with Gasteiger partial charge < -0.3 is 10.5 Å². The number of sulfonamides is 1. The second-order valence-corrected chi connectivity index (χ2v) is 5.72. The Morgan fingerprint density at radius 2 is 1.89 bits per heavy atom. The zero-order chi connectivity index (χ0) is 13.8. The van der Waals surface area contributed by atoms with Gasteiger partial charge in [0.15, 0.2) is 6.61 Å². The Hall–Kier alpha value is -1.60. The highest BCUT2D eigenvalue weighted by Gasteiger charge is 2.14. The van der Waals surface area contributed by atoms with Crippen molar-refractivity contribution in [3.05, 3.63) is 24.3 Å².